The van der Waals surface area contributed by atoms with Gasteiger partial charge < -0.3 is 9.64 Å². The third kappa shape index (κ3) is 3.08. The average Bonchev–Trinajstić information content (AvgIpc) is 2.95. The Morgan fingerprint density at radius 2 is 2.09 bits per heavy atom. The molecule has 2 aromatic rings. The molecule has 1 fully saturated rings. The van der Waals surface area contributed by atoms with Crippen molar-refractivity contribution in [3.05, 3.63) is 53.5 Å². The molecule has 3 rings (SSSR count). The molecule has 0 radical (unpaired) electrons. The van der Waals surface area contributed by atoms with E-state index in [9.17, 15) is 4.79 Å². The molecule has 1 amide bonds. The van der Waals surface area contributed by atoms with Gasteiger partial charge in [0.2, 0.25) is 5.88 Å². The molecule has 22 heavy (non-hydrogen) atoms. The number of nitrogens with zero attached hydrogens (tertiary/aromatic N) is 3. The molecule has 1 aromatic carbocycles. The fourth-order valence-corrected chi connectivity index (χ4v) is 2.66. The van der Waals surface area contributed by atoms with Crippen molar-refractivity contribution in [2.45, 2.75) is 26.4 Å². The van der Waals surface area contributed by atoms with Crippen molar-refractivity contribution < 1.29 is 9.53 Å². The summed E-state index contributed by atoms with van der Waals surface area (Å²) in [6.07, 6.45) is 2.49. The highest BCUT2D eigenvalue weighted by Gasteiger charge is 2.29. The van der Waals surface area contributed by atoms with Crippen molar-refractivity contribution >= 4 is 5.91 Å². The van der Waals surface area contributed by atoms with Gasteiger partial charge in [-0.05, 0) is 25.5 Å². The van der Waals surface area contributed by atoms with E-state index in [2.05, 4.69) is 9.97 Å². The number of rotatable bonds is 3. The molecule has 0 saturated carbocycles. The van der Waals surface area contributed by atoms with Crippen LogP contribution in [0.3, 0.4) is 0 Å². The summed E-state index contributed by atoms with van der Waals surface area (Å²) in [7, 11) is 0. The average molecular weight is 297 g/mol. The van der Waals surface area contributed by atoms with E-state index in [1.165, 1.54) is 0 Å². The minimum Gasteiger partial charge on any atom is -0.472 e. The van der Waals surface area contributed by atoms with E-state index >= 15 is 0 Å². The van der Waals surface area contributed by atoms with Crippen LogP contribution < -0.4 is 4.74 Å². The lowest BCUT2D eigenvalue weighted by molar-refractivity contribution is 0.0770. The summed E-state index contributed by atoms with van der Waals surface area (Å²) >= 11 is 0. The maximum absolute atomic E-state index is 12.6. The first-order valence-corrected chi connectivity index (χ1v) is 7.44. The highest BCUT2D eigenvalue weighted by molar-refractivity contribution is 5.95. The van der Waals surface area contributed by atoms with Gasteiger partial charge >= 0.3 is 0 Å². The number of aromatic nitrogens is 2. The van der Waals surface area contributed by atoms with Crippen LogP contribution in [0, 0.1) is 13.8 Å². The third-order valence-corrected chi connectivity index (χ3v) is 3.85. The zero-order chi connectivity index (χ0) is 15.5. The quantitative estimate of drug-likeness (QED) is 0.873. The summed E-state index contributed by atoms with van der Waals surface area (Å²) in [5, 5.41) is 0. The van der Waals surface area contributed by atoms with Gasteiger partial charge in [0, 0.05) is 30.8 Å². The highest BCUT2D eigenvalue weighted by atomic mass is 16.5. The van der Waals surface area contributed by atoms with Gasteiger partial charge in [-0.25, -0.2) is 4.98 Å². The van der Waals surface area contributed by atoms with Gasteiger partial charge in [0.15, 0.2) is 0 Å². The number of aryl methyl sites for hydroxylation is 2. The Balaban J connectivity index is 1.65. The van der Waals surface area contributed by atoms with Crippen molar-refractivity contribution in [2.24, 2.45) is 0 Å². The number of ether oxygens (including phenoxy) is 1. The summed E-state index contributed by atoms with van der Waals surface area (Å²) in [5.41, 5.74) is 1.77. The minimum absolute atomic E-state index is 0.0118. The van der Waals surface area contributed by atoms with Gasteiger partial charge in [0.05, 0.1) is 6.54 Å². The standard InChI is InChI=1S/C17H19N3O2/c1-12-5-3-4-6-15(12)17(21)20-10-8-14(11-20)22-16-7-9-18-13(2)19-16/h3-7,9,14H,8,10-11H2,1-2H3/t14-/m1/s1. The Labute approximate surface area is 130 Å². The zero-order valence-electron chi connectivity index (χ0n) is 12.8. The van der Waals surface area contributed by atoms with Gasteiger partial charge in [0.25, 0.3) is 5.91 Å². The molecule has 0 bridgehead atoms. The number of hydrogen-bond acceptors (Lipinski definition) is 4. The van der Waals surface area contributed by atoms with E-state index in [0.29, 0.717) is 24.8 Å². The molecule has 2 heterocycles. The number of hydrogen-bond donors (Lipinski definition) is 0. The molecule has 1 aliphatic rings. The van der Waals surface area contributed by atoms with E-state index < -0.39 is 0 Å². The SMILES string of the molecule is Cc1nccc(O[C@@H]2CCN(C(=O)c3ccccc3C)C2)n1. The highest BCUT2D eigenvalue weighted by Crippen LogP contribution is 2.19. The second kappa shape index (κ2) is 6.13. The second-order valence-corrected chi connectivity index (χ2v) is 5.54. The summed E-state index contributed by atoms with van der Waals surface area (Å²) in [5.74, 6) is 1.33. The Morgan fingerprint density at radius 3 is 2.86 bits per heavy atom. The van der Waals surface area contributed by atoms with Crippen LogP contribution in [0.25, 0.3) is 0 Å². The Hall–Kier alpha value is -2.43. The van der Waals surface area contributed by atoms with Gasteiger partial charge in [-0.1, -0.05) is 18.2 Å². The molecule has 1 aliphatic heterocycles. The molecule has 0 spiro atoms. The van der Waals surface area contributed by atoms with Gasteiger partial charge in [-0.15, -0.1) is 0 Å². The largest absolute Gasteiger partial charge is 0.472 e. The number of carbonyl (C=O) groups excluding carboxylic acids is 1. The molecular weight excluding hydrogens is 278 g/mol. The summed E-state index contributed by atoms with van der Waals surface area (Å²) in [4.78, 5) is 22.7. The van der Waals surface area contributed by atoms with E-state index in [4.69, 9.17) is 4.74 Å². The molecule has 5 heteroatoms. The second-order valence-electron chi connectivity index (χ2n) is 5.54. The van der Waals surface area contributed by atoms with E-state index in [1.54, 1.807) is 12.3 Å². The molecule has 0 N–H and O–H groups in total. The maximum Gasteiger partial charge on any atom is 0.254 e. The van der Waals surface area contributed by atoms with Crippen LogP contribution >= 0.6 is 0 Å². The molecule has 1 atom stereocenters. The van der Waals surface area contributed by atoms with Gasteiger partial charge in [0.1, 0.15) is 11.9 Å². The predicted molar refractivity (Wildman–Crippen MR) is 82.9 cm³/mol. The summed E-state index contributed by atoms with van der Waals surface area (Å²) in [6, 6.07) is 9.42. The van der Waals surface area contributed by atoms with Crippen molar-refractivity contribution in [3.8, 4) is 5.88 Å². The molecule has 5 nitrogen and oxygen atoms in total. The first-order valence-electron chi connectivity index (χ1n) is 7.44. The lowest BCUT2D eigenvalue weighted by Gasteiger charge is -2.18. The maximum atomic E-state index is 12.6. The van der Waals surface area contributed by atoms with Crippen LogP contribution in [-0.4, -0.2) is 40.0 Å². The summed E-state index contributed by atoms with van der Waals surface area (Å²) < 4.78 is 5.86. The smallest absolute Gasteiger partial charge is 0.254 e. The van der Waals surface area contributed by atoms with Crippen LogP contribution in [0.5, 0.6) is 5.88 Å². The fraction of sp³-hybridized carbons (Fsp3) is 0.353. The topological polar surface area (TPSA) is 55.3 Å². The van der Waals surface area contributed by atoms with Crippen molar-refractivity contribution in [1.82, 2.24) is 14.9 Å². The fourth-order valence-electron chi connectivity index (χ4n) is 2.66. The van der Waals surface area contributed by atoms with E-state index in [-0.39, 0.29) is 12.0 Å². The lowest BCUT2D eigenvalue weighted by atomic mass is 10.1. The Bertz CT molecular complexity index is 687. The van der Waals surface area contributed by atoms with Crippen molar-refractivity contribution in [2.75, 3.05) is 13.1 Å². The molecule has 1 aromatic heterocycles. The normalized spacial score (nSPS) is 17.5. The molecule has 114 valence electrons. The summed E-state index contributed by atoms with van der Waals surface area (Å²) in [6.45, 7) is 5.09. The number of benzene rings is 1. The zero-order valence-corrected chi connectivity index (χ0v) is 12.8. The van der Waals surface area contributed by atoms with E-state index in [1.807, 2.05) is 43.0 Å². The van der Waals surface area contributed by atoms with Crippen LogP contribution in [0.2, 0.25) is 0 Å². The van der Waals surface area contributed by atoms with Crippen molar-refractivity contribution in [1.29, 1.82) is 0 Å². The minimum atomic E-state index is -0.0118. The van der Waals surface area contributed by atoms with Crippen LogP contribution in [-0.2, 0) is 0 Å². The first-order chi connectivity index (χ1) is 10.6. The Morgan fingerprint density at radius 1 is 1.27 bits per heavy atom. The molecular formula is C17H19N3O2. The molecule has 0 unspecified atom stereocenters. The monoisotopic (exact) mass is 297 g/mol. The van der Waals surface area contributed by atoms with E-state index in [0.717, 1.165) is 17.5 Å². The number of carbonyl (C=O) groups is 1. The lowest BCUT2D eigenvalue weighted by Crippen LogP contribution is -2.31. The molecule has 1 saturated heterocycles. The van der Waals surface area contributed by atoms with Crippen LogP contribution in [0.4, 0.5) is 0 Å². The number of likely N-dealkylation sites (tertiary alicyclic amines) is 1. The predicted octanol–water partition coefficient (Wildman–Crippen LogP) is 2.39. The van der Waals surface area contributed by atoms with Crippen LogP contribution in [0.1, 0.15) is 28.2 Å². The van der Waals surface area contributed by atoms with Crippen LogP contribution in [0.15, 0.2) is 36.5 Å². The number of amides is 1. The van der Waals surface area contributed by atoms with Gasteiger partial charge in [-0.2, -0.15) is 4.98 Å². The van der Waals surface area contributed by atoms with Crippen molar-refractivity contribution in [3.63, 3.8) is 0 Å². The third-order valence-electron chi connectivity index (χ3n) is 3.85. The first kappa shape index (κ1) is 14.5. The van der Waals surface area contributed by atoms with Gasteiger partial charge in [-0.3, -0.25) is 4.79 Å². The Kier molecular flexibility index (Phi) is 4.04. The molecule has 0 aliphatic carbocycles.